The van der Waals surface area contributed by atoms with Gasteiger partial charge in [-0.1, -0.05) is 6.07 Å². The van der Waals surface area contributed by atoms with Gasteiger partial charge in [-0.05, 0) is 30.5 Å². The lowest BCUT2D eigenvalue weighted by Crippen LogP contribution is -2.09. The van der Waals surface area contributed by atoms with E-state index in [1.54, 1.807) is 19.2 Å². The van der Waals surface area contributed by atoms with Crippen molar-refractivity contribution in [3.8, 4) is 11.5 Å². The van der Waals surface area contributed by atoms with E-state index in [4.69, 9.17) is 4.74 Å². The minimum Gasteiger partial charge on any atom is -0.493 e. The molecule has 1 aliphatic carbocycles. The number of methoxy groups -OCH3 is 1. The van der Waals surface area contributed by atoms with Gasteiger partial charge >= 0.3 is 6.61 Å². The van der Waals surface area contributed by atoms with E-state index in [9.17, 15) is 8.78 Å². The fraction of sp³-hybridized carbons (Fsp3) is 0.462. The second kappa shape index (κ2) is 4.92. The molecule has 98 valence electrons. The summed E-state index contributed by atoms with van der Waals surface area (Å²) >= 11 is 0. The standard InChI is InChI=1S/C13H15F2NO2/c1-16-8-13(5-6-13)9-3-4-10(18-12(14)15)11(7-9)17-2/h3-4,7-8,12H,5-6H2,1-2H3. The quantitative estimate of drug-likeness (QED) is 0.757. The molecule has 0 atom stereocenters. The summed E-state index contributed by atoms with van der Waals surface area (Å²) in [6.07, 6.45) is 3.93. The van der Waals surface area contributed by atoms with Crippen LogP contribution in [0.5, 0.6) is 11.5 Å². The third kappa shape index (κ3) is 2.44. The van der Waals surface area contributed by atoms with Gasteiger partial charge in [0, 0.05) is 18.7 Å². The Morgan fingerprint density at radius 3 is 2.56 bits per heavy atom. The highest BCUT2D eigenvalue weighted by Gasteiger charge is 2.43. The van der Waals surface area contributed by atoms with E-state index in [2.05, 4.69) is 9.73 Å². The van der Waals surface area contributed by atoms with Gasteiger partial charge in [0.15, 0.2) is 11.5 Å². The Kier molecular flexibility index (Phi) is 3.50. The molecule has 1 saturated carbocycles. The zero-order valence-electron chi connectivity index (χ0n) is 10.3. The Labute approximate surface area is 104 Å². The molecule has 0 N–H and O–H groups in total. The molecular formula is C13H15F2NO2. The summed E-state index contributed by atoms with van der Waals surface area (Å²) in [6.45, 7) is -2.85. The van der Waals surface area contributed by atoms with E-state index in [0.717, 1.165) is 18.4 Å². The number of aliphatic imine (C=N–C) groups is 1. The Morgan fingerprint density at radius 2 is 2.06 bits per heavy atom. The molecule has 0 spiro atoms. The van der Waals surface area contributed by atoms with Gasteiger partial charge in [0.1, 0.15) is 0 Å². The zero-order valence-corrected chi connectivity index (χ0v) is 10.3. The van der Waals surface area contributed by atoms with Crippen LogP contribution in [-0.2, 0) is 5.41 Å². The van der Waals surface area contributed by atoms with Crippen LogP contribution in [0, 0.1) is 0 Å². The molecule has 0 unspecified atom stereocenters. The highest BCUT2D eigenvalue weighted by atomic mass is 19.3. The topological polar surface area (TPSA) is 30.8 Å². The second-order valence-electron chi connectivity index (χ2n) is 4.29. The van der Waals surface area contributed by atoms with Gasteiger partial charge in [-0.15, -0.1) is 0 Å². The van der Waals surface area contributed by atoms with Gasteiger partial charge in [-0.3, -0.25) is 4.99 Å². The first-order valence-corrected chi connectivity index (χ1v) is 5.68. The van der Waals surface area contributed by atoms with Crippen molar-refractivity contribution in [1.82, 2.24) is 0 Å². The van der Waals surface area contributed by atoms with E-state index in [1.807, 2.05) is 6.21 Å². The SMILES string of the molecule is CN=CC1(c2ccc(OC(F)F)c(OC)c2)CC1. The van der Waals surface area contributed by atoms with Gasteiger partial charge in [-0.2, -0.15) is 8.78 Å². The second-order valence-corrected chi connectivity index (χ2v) is 4.29. The van der Waals surface area contributed by atoms with Gasteiger partial charge in [0.2, 0.25) is 0 Å². The van der Waals surface area contributed by atoms with Crippen LogP contribution in [-0.4, -0.2) is 27.0 Å². The zero-order chi connectivity index (χ0) is 13.2. The molecule has 1 fully saturated rings. The summed E-state index contributed by atoms with van der Waals surface area (Å²) in [4.78, 5) is 4.06. The van der Waals surface area contributed by atoms with Crippen molar-refractivity contribution in [2.45, 2.75) is 24.9 Å². The molecule has 1 aromatic carbocycles. The summed E-state index contributed by atoms with van der Waals surface area (Å²) in [6, 6.07) is 5.05. The van der Waals surface area contributed by atoms with E-state index in [0.29, 0.717) is 5.75 Å². The minimum absolute atomic E-state index is 0.0502. The van der Waals surface area contributed by atoms with Gasteiger partial charge < -0.3 is 9.47 Å². The van der Waals surface area contributed by atoms with Crippen LogP contribution in [0.25, 0.3) is 0 Å². The number of nitrogens with zero attached hydrogens (tertiary/aromatic N) is 1. The molecule has 0 bridgehead atoms. The van der Waals surface area contributed by atoms with E-state index >= 15 is 0 Å². The lowest BCUT2D eigenvalue weighted by atomic mass is 9.97. The highest BCUT2D eigenvalue weighted by molar-refractivity contribution is 5.78. The summed E-state index contributed by atoms with van der Waals surface area (Å²) in [7, 11) is 3.16. The van der Waals surface area contributed by atoms with Crippen LogP contribution >= 0.6 is 0 Å². The molecule has 2 rings (SSSR count). The molecule has 0 amide bonds. The van der Waals surface area contributed by atoms with E-state index in [1.165, 1.54) is 13.2 Å². The number of hydrogen-bond acceptors (Lipinski definition) is 3. The lowest BCUT2D eigenvalue weighted by Gasteiger charge is -2.14. The van der Waals surface area contributed by atoms with Crippen molar-refractivity contribution in [3.63, 3.8) is 0 Å². The normalized spacial score (nSPS) is 17.2. The van der Waals surface area contributed by atoms with Crippen molar-refractivity contribution in [1.29, 1.82) is 0 Å². The van der Waals surface area contributed by atoms with Crippen LogP contribution in [0.3, 0.4) is 0 Å². The van der Waals surface area contributed by atoms with Crippen LogP contribution < -0.4 is 9.47 Å². The maximum Gasteiger partial charge on any atom is 0.387 e. The molecular weight excluding hydrogens is 240 g/mol. The maximum absolute atomic E-state index is 12.2. The summed E-state index contributed by atoms with van der Waals surface area (Å²) in [5.74, 6) is 0.379. The molecule has 0 heterocycles. The lowest BCUT2D eigenvalue weighted by molar-refractivity contribution is -0.0512. The molecule has 1 aromatic rings. The Hall–Kier alpha value is -1.65. The summed E-state index contributed by atoms with van der Waals surface area (Å²) in [5, 5.41) is 0. The van der Waals surface area contributed by atoms with Gasteiger partial charge in [0.05, 0.1) is 7.11 Å². The summed E-state index contributed by atoms with van der Waals surface area (Å²) < 4.78 is 33.9. The molecule has 1 aliphatic rings. The van der Waals surface area contributed by atoms with Crippen molar-refractivity contribution in [3.05, 3.63) is 23.8 Å². The van der Waals surface area contributed by atoms with Crippen LogP contribution in [0.4, 0.5) is 8.78 Å². The average Bonchev–Trinajstić information content (AvgIpc) is 3.10. The first-order chi connectivity index (χ1) is 8.61. The molecule has 3 nitrogen and oxygen atoms in total. The Bertz CT molecular complexity index is 456. The largest absolute Gasteiger partial charge is 0.493 e. The molecule has 0 aliphatic heterocycles. The van der Waals surface area contributed by atoms with Crippen LogP contribution in [0.1, 0.15) is 18.4 Å². The van der Waals surface area contributed by atoms with Gasteiger partial charge in [0.25, 0.3) is 0 Å². The summed E-state index contributed by atoms with van der Waals surface area (Å²) in [5.41, 5.74) is 0.970. The Balaban J connectivity index is 2.30. The van der Waals surface area contributed by atoms with Crippen molar-refractivity contribution in [2.75, 3.05) is 14.2 Å². The Morgan fingerprint density at radius 1 is 1.33 bits per heavy atom. The average molecular weight is 255 g/mol. The fourth-order valence-electron chi connectivity index (χ4n) is 2.04. The smallest absolute Gasteiger partial charge is 0.387 e. The number of ether oxygens (including phenoxy) is 2. The van der Waals surface area contributed by atoms with Crippen molar-refractivity contribution >= 4 is 6.21 Å². The third-order valence-electron chi connectivity index (χ3n) is 3.12. The van der Waals surface area contributed by atoms with Crippen LogP contribution in [0.15, 0.2) is 23.2 Å². The number of halogens is 2. The first-order valence-electron chi connectivity index (χ1n) is 5.68. The van der Waals surface area contributed by atoms with Crippen molar-refractivity contribution < 1.29 is 18.3 Å². The van der Waals surface area contributed by atoms with E-state index in [-0.39, 0.29) is 11.2 Å². The number of benzene rings is 1. The number of rotatable bonds is 5. The number of hydrogen-bond donors (Lipinski definition) is 0. The monoisotopic (exact) mass is 255 g/mol. The highest BCUT2D eigenvalue weighted by Crippen LogP contribution is 2.48. The van der Waals surface area contributed by atoms with Gasteiger partial charge in [-0.25, -0.2) is 0 Å². The fourth-order valence-corrected chi connectivity index (χ4v) is 2.04. The predicted molar refractivity (Wildman–Crippen MR) is 65.0 cm³/mol. The molecule has 0 radical (unpaired) electrons. The van der Waals surface area contributed by atoms with Crippen molar-refractivity contribution in [2.24, 2.45) is 4.99 Å². The molecule has 0 aromatic heterocycles. The molecule has 5 heteroatoms. The minimum atomic E-state index is -2.85. The van der Waals surface area contributed by atoms with E-state index < -0.39 is 6.61 Å². The third-order valence-corrected chi connectivity index (χ3v) is 3.12. The van der Waals surface area contributed by atoms with Crippen LogP contribution in [0.2, 0.25) is 0 Å². The first kappa shape index (κ1) is 12.8. The maximum atomic E-state index is 12.2. The number of alkyl halides is 2. The molecule has 0 saturated heterocycles. The predicted octanol–water partition coefficient (Wildman–Crippen LogP) is 3.03. The molecule has 18 heavy (non-hydrogen) atoms.